The van der Waals surface area contributed by atoms with E-state index in [0.29, 0.717) is 6.08 Å². The standard InChI is InChI=1S/C18H16ClF7O2/c1-4-7-12(20)14(22)8(15(23)13(7)21)6-28-16(27)11-9(17(11,2)3)5-10(19)18(24,25)26/h5,9,11H,4,6H2,1-3H3. The minimum absolute atomic E-state index is 0.296. The van der Waals surface area contributed by atoms with Gasteiger partial charge in [0.25, 0.3) is 0 Å². The average Bonchev–Trinajstić information content (AvgIpc) is 3.13. The Balaban J connectivity index is 2.18. The van der Waals surface area contributed by atoms with Crippen LogP contribution in [0.15, 0.2) is 11.1 Å². The van der Waals surface area contributed by atoms with Gasteiger partial charge in [-0.1, -0.05) is 38.4 Å². The lowest BCUT2D eigenvalue weighted by atomic mass is 10.1. The van der Waals surface area contributed by atoms with E-state index in [1.165, 1.54) is 20.8 Å². The summed E-state index contributed by atoms with van der Waals surface area (Å²) in [5, 5.41) is -1.41. The van der Waals surface area contributed by atoms with Crippen LogP contribution in [0.3, 0.4) is 0 Å². The number of hydrogen-bond acceptors (Lipinski definition) is 2. The average molecular weight is 433 g/mol. The van der Waals surface area contributed by atoms with Gasteiger partial charge in [-0.25, -0.2) is 17.6 Å². The monoisotopic (exact) mass is 432 g/mol. The Kier molecular flexibility index (Phi) is 6.09. The van der Waals surface area contributed by atoms with Crippen molar-refractivity contribution in [3.05, 3.63) is 45.5 Å². The van der Waals surface area contributed by atoms with Crippen molar-refractivity contribution in [2.24, 2.45) is 17.3 Å². The molecule has 1 aromatic rings. The van der Waals surface area contributed by atoms with Gasteiger partial charge in [-0.2, -0.15) is 13.2 Å². The molecule has 2 atom stereocenters. The van der Waals surface area contributed by atoms with Crippen LogP contribution in [-0.2, 0) is 22.6 Å². The second-order valence-electron chi connectivity index (χ2n) is 7.01. The number of benzene rings is 1. The highest BCUT2D eigenvalue weighted by Gasteiger charge is 2.62. The molecule has 156 valence electrons. The summed E-state index contributed by atoms with van der Waals surface area (Å²) >= 11 is 5.17. The zero-order valence-electron chi connectivity index (χ0n) is 15.0. The smallest absolute Gasteiger partial charge is 0.426 e. The Labute approximate surface area is 161 Å². The first-order valence-corrected chi connectivity index (χ1v) is 8.57. The van der Waals surface area contributed by atoms with Crippen molar-refractivity contribution in [1.82, 2.24) is 0 Å². The Bertz CT molecular complexity index is 801. The second kappa shape index (κ2) is 7.57. The molecule has 10 heteroatoms. The maximum absolute atomic E-state index is 14.0. The maximum Gasteiger partial charge on any atom is 0.426 e. The molecule has 0 heterocycles. The normalized spacial score (nSPS) is 21.6. The lowest BCUT2D eigenvalue weighted by Crippen LogP contribution is -2.14. The van der Waals surface area contributed by atoms with Crippen LogP contribution >= 0.6 is 11.6 Å². The molecule has 1 aromatic carbocycles. The molecule has 1 fully saturated rings. The molecule has 0 spiro atoms. The first-order chi connectivity index (χ1) is 12.7. The number of esters is 1. The van der Waals surface area contributed by atoms with Crippen LogP contribution in [0, 0.1) is 40.5 Å². The van der Waals surface area contributed by atoms with Crippen molar-refractivity contribution in [2.75, 3.05) is 0 Å². The van der Waals surface area contributed by atoms with Crippen LogP contribution in [-0.4, -0.2) is 12.1 Å². The molecule has 2 unspecified atom stereocenters. The number of hydrogen-bond donors (Lipinski definition) is 0. The molecule has 0 aliphatic heterocycles. The summed E-state index contributed by atoms with van der Waals surface area (Å²) in [5.41, 5.74) is -2.83. The fourth-order valence-corrected chi connectivity index (χ4v) is 3.22. The van der Waals surface area contributed by atoms with Crippen molar-refractivity contribution in [2.45, 2.75) is 40.0 Å². The van der Waals surface area contributed by atoms with E-state index in [0.717, 1.165) is 0 Å². The molecule has 2 nitrogen and oxygen atoms in total. The highest BCUT2D eigenvalue weighted by atomic mass is 35.5. The molecule has 0 bridgehead atoms. The van der Waals surface area contributed by atoms with Crippen molar-refractivity contribution in [1.29, 1.82) is 0 Å². The minimum Gasteiger partial charge on any atom is -0.460 e. The van der Waals surface area contributed by atoms with Gasteiger partial charge in [-0.05, 0) is 17.8 Å². The van der Waals surface area contributed by atoms with Crippen molar-refractivity contribution in [3.8, 4) is 0 Å². The molecular weight excluding hydrogens is 417 g/mol. The van der Waals surface area contributed by atoms with Gasteiger partial charge < -0.3 is 4.74 Å². The molecule has 0 aromatic heterocycles. The summed E-state index contributed by atoms with van der Waals surface area (Å²) in [5.74, 6) is -9.57. The first-order valence-electron chi connectivity index (χ1n) is 8.19. The highest BCUT2D eigenvalue weighted by Crippen LogP contribution is 2.60. The molecule has 2 rings (SSSR count). The molecule has 0 amide bonds. The SMILES string of the molecule is CCc1c(F)c(F)c(COC(=O)C2C(C=C(Cl)C(F)(F)F)C2(C)C)c(F)c1F. The van der Waals surface area contributed by atoms with E-state index in [9.17, 15) is 35.5 Å². The summed E-state index contributed by atoms with van der Waals surface area (Å²) in [6.45, 7) is 3.16. The van der Waals surface area contributed by atoms with Crippen LogP contribution in [0.4, 0.5) is 30.7 Å². The van der Waals surface area contributed by atoms with E-state index in [-0.39, 0.29) is 6.42 Å². The topological polar surface area (TPSA) is 26.3 Å². The molecule has 1 aliphatic carbocycles. The molecule has 0 N–H and O–H groups in total. The Hall–Kier alpha value is -1.77. The van der Waals surface area contributed by atoms with Crippen LogP contribution < -0.4 is 0 Å². The third-order valence-corrected chi connectivity index (χ3v) is 5.26. The molecule has 1 aliphatic rings. The lowest BCUT2D eigenvalue weighted by molar-refractivity contribution is -0.147. The highest BCUT2D eigenvalue weighted by molar-refractivity contribution is 6.30. The van der Waals surface area contributed by atoms with Gasteiger partial charge in [0.2, 0.25) is 0 Å². The molecular formula is C18H16ClF7O2. The number of allylic oxidation sites excluding steroid dienone is 2. The predicted molar refractivity (Wildman–Crippen MR) is 86.2 cm³/mol. The van der Waals surface area contributed by atoms with E-state index in [4.69, 9.17) is 16.3 Å². The van der Waals surface area contributed by atoms with Gasteiger partial charge in [0.1, 0.15) is 11.6 Å². The Morgan fingerprint density at radius 3 is 1.96 bits per heavy atom. The number of halogens is 8. The molecule has 0 radical (unpaired) electrons. The lowest BCUT2D eigenvalue weighted by Gasteiger charge is -2.12. The van der Waals surface area contributed by atoms with Crippen molar-refractivity contribution >= 4 is 17.6 Å². The van der Waals surface area contributed by atoms with Gasteiger partial charge in [0.15, 0.2) is 23.3 Å². The van der Waals surface area contributed by atoms with Gasteiger partial charge in [-0.3, -0.25) is 4.79 Å². The van der Waals surface area contributed by atoms with E-state index in [1.807, 2.05) is 0 Å². The largest absolute Gasteiger partial charge is 0.460 e. The van der Waals surface area contributed by atoms with Crippen molar-refractivity contribution < 1.29 is 40.3 Å². The fourth-order valence-electron chi connectivity index (χ4n) is 3.08. The van der Waals surface area contributed by atoms with Crippen LogP contribution in [0.2, 0.25) is 0 Å². The third kappa shape index (κ3) is 3.99. The fraction of sp³-hybridized carbons (Fsp3) is 0.500. The summed E-state index contributed by atoms with van der Waals surface area (Å²) in [7, 11) is 0. The van der Waals surface area contributed by atoms with Crippen LogP contribution in [0.1, 0.15) is 31.9 Å². The summed E-state index contributed by atoms with van der Waals surface area (Å²) in [6, 6.07) is 0. The number of rotatable bonds is 5. The predicted octanol–water partition coefficient (Wildman–Crippen LogP) is 5.81. The summed E-state index contributed by atoms with van der Waals surface area (Å²) < 4.78 is 97.9. The molecule has 0 saturated heterocycles. The zero-order chi connectivity index (χ0) is 21.6. The van der Waals surface area contributed by atoms with Gasteiger partial charge in [0.05, 0.1) is 11.5 Å². The maximum atomic E-state index is 14.0. The summed E-state index contributed by atoms with van der Waals surface area (Å²) in [6.07, 6.45) is -4.41. The molecule has 28 heavy (non-hydrogen) atoms. The molecule has 1 saturated carbocycles. The number of carbonyl (C=O) groups is 1. The van der Waals surface area contributed by atoms with Gasteiger partial charge >= 0.3 is 12.1 Å². The minimum atomic E-state index is -4.78. The van der Waals surface area contributed by atoms with E-state index in [1.54, 1.807) is 0 Å². The number of ether oxygens (including phenoxy) is 1. The number of carbonyl (C=O) groups excluding carboxylic acids is 1. The number of alkyl halides is 3. The third-order valence-electron chi connectivity index (χ3n) is 4.92. The van der Waals surface area contributed by atoms with Gasteiger partial charge in [-0.15, -0.1) is 0 Å². The van der Waals surface area contributed by atoms with E-state index < -0.39 is 75.4 Å². The van der Waals surface area contributed by atoms with E-state index >= 15 is 0 Å². The first kappa shape index (κ1) is 22.5. The van der Waals surface area contributed by atoms with Gasteiger partial charge in [0, 0.05) is 5.56 Å². The Morgan fingerprint density at radius 2 is 1.54 bits per heavy atom. The van der Waals surface area contributed by atoms with E-state index in [2.05, 4.69) is 0 Å². The van der Waals surface area contributed by atoms with Crippen molar-refractivity contribution in [3.63, 3.8) is 0 Å². The van der Waals surface area contributed by atoms with Crippen LogP contribution in [0.5, 0.6) is 0 Å². The zero-order valence-corrected chi connectivity index (χ0v) is 15.7. The van der Waals surface area contributed by atoms with Crippen LogP contribution in [0.25, 0.3) is 0 Å². The Morgan fingerprint density at radius 1 is 1.07 bits per heavy atom. The second-order valence-corrected chi connectivity index (χ2v) is 7.42. The summed E-state index contributed by atoms with van der Waals surface area (Å²) in [4.78, 5) is 12.1. The quantitative estimate of drug-likeness (QED) is 0.333.